The zero-order valence-electron chi connectivity index (χ0n) is 12.2. The zero-order chi connectivity index (χ0) is 15.0. The van der Waals surface area contributed by atoms with Gasteiger partial charge in [-0.25, -0.2) is 0 Å². The third kappa shape index (κ3) is 2.48. The van der Waals surface area contributed by atoms with Gasteiger partial charge >= 0.3 is 0 Å². The molecule has 2 aromatic heterocycles. The lowest BCUT2D eigenvalue weighted by Gasteiger charge is -2.16. The number of carbonyl (C=O) groups excluding carboxylic acids is 1. The van der Waals surface area contributed by atoms with Gasteiger partial charge < -0.3 is 16.0 Å². The summed E-state index contributed by atoms with van der Waals surface area (Å²) in [4.78, 5) is 22.4. The molecule has 0 bridgehead atoms. The number of anilines is 2. The van der Waals surface area contributed by atoms with E-state index in [9.17, 15) is 4.79 Å². The Morgan fingerprint density at radius 2 is 2.29 bits per heavy atom. The van der Waals surface area contributed by atoms with Gasteiger partial charge in [-0.1, -0.05) is 6.92 Å². The largest absolute Gasteiger partial charge is 0.383 e. The molecule has 0 saturated carbocycles. The van der Waals surface area contributed by atoms with Gasteiger partial charge in [-0.3, -0.25) is 9.48 Å². The molecular weight excluding hydrogens is 270 g/mol. The Bertz CT molecular complexity index is 680. The highest BCUT2D eigenvalue weighted by molar-refractivity contribution is 5.86. The van der Waals surface area contributed by atoms with E-state index >= 15 is 0 Å². The third-order valence-corrected chi connectivity index (χ3v) is 3.66. The van der Waals surface area contributed by atoms with Crippen LogP contribution in [0.1, 0.15) is 19.8 Å². The highest BCUT2D eigenvalue weighted by atomic mass is 16.2. The molecular formula is C13H19N7O. The quantitative estimate of drug-likeness (QED) is 0.843. The van der Waals surface area contributed by atoms with Crippen molar-refractivity contribution in [3.63, 3.8) is 0 Å². The number of nitrogens with zero attached hydrogens (tertiary/aromatic N) is 5. The number of aromatic nitrogens is 4. The predicted molar refractivity (Wildman–Crippen MR) is 79.6 cm³/mol. The van der Waals surface area contributed by atoms with Gasteiger partial charge in [0, 0.05) is 26.6 Å². The minimum Gasteiger partial charge on any atom is -0.383 e. The summed E-state index contributed by atoms with van der Waals surface area (Å²) in [6.45, 7) is 3.54. The monoisotopic (exact) mass is 289 g/mol. The fraction of sp³-hybridized carbons (Fsp3) is 0.538. The Morgan fingerprint density at radius 1 is 1.48 bits per heavy atom. The molecule has 1 fully saturated rings. The van der Waals surface area contributed by atoms with E-state index in [2.05, 4.69) is 27.3 Å². The van der Waals surface area contributed by atoms with Crippen LogP contribution in [-0.4, -0.2) is 49.7 Å². The van der Waals surface area contributed by atoms with Crippen LogP contribution in [-0.2, 0) is 11.8 Å². The SMILES string of the molecule is CCCN1CC(Nc2nc(N)c3cnn(C)c3n2)CC1=O. The van der Waals surface area contributed by atoms with Crippen molar-refractivity contribution in [3.05, 3.63) is 6.20 Å². The number of hydrogen-bond acceptors (Lipinski definition) is 6. The maximum Gasteiger partial charge on any atom is 0.227 e. The first kappa shape index (κ1) is 13.6. The van der Waals surface area contributed by atoms with Crippen LogP contribution in [0.2, 0.25) is 0 Å². The first-order valence-corrected chi connectivity index (χ1v) is 7.08. The summed E-state index contributed by atoms with van der Waals surface area (Å²) >= 11 is 0. The maximum absolute atomic E-state index is 11.9. The van der Waals surface area contributed by atoms with Gasteiger partial charge in [0.2, 0.25) is 11.9 Å². The number of rotatable bonds is 4. The summed E-state index contributed by atoms with van der Waals surface area (Å²) in [6.07, 6.45) is 3.08. The van der Waals surface area contributed by atoms with Crippen LogP contribution < -0.4 is 11.1 Å². The second-order valence-corrected chi connectivity index (χ2v) is 5.32. The number of fused-ring (bicyclic) bond motifs is 1. The van der Waals surface area contributed by atoms with Crippen molar-refractivity contribution < 1.29 is 4.79 Å². The predicted octanol–water partition coefficient (Wildman–Crippen LogP) is 0.368. The molecule has 0 aromatic carbocycles. The van der Waals surface area contributed by atoms with E-state index in [0.29, 0.717) is 30.4 Å². The summed E-state index contributed by atoms with van der Waals surface area (Å²) in [5, 5.41) is 8.06. The lowest BCUT2D eigenvalue weighted by atomic mass is 10.2. The minimum absolute atomic E-state index is 0.0223. The van der Waals surface area contributed by atoms with E-state index in [-0.39, 0.29) is 11.9 Å². The number of nitrogens with two attached hydrogens (primary N) is 1. The molecule has 3 N–H and O–H groups in total. The minimum atomic E-state index is 0.0223. The molecule has 3 heterocycles. The summed E-state index contributed by atoms with van der Waals surface area (Å²) < 4.78 is 1.65. The van der Waals surface area contributed by atoms with E-state index in [1.807, 2.05) is 4.90 Å². The topological polar surface area (TPSA) is 102 Å². The highest BCUT2D eigenvalue weighted by Crippen LogP contribution is 2.20. The van der Waals surface area contributed by atoms with E-state index in [0.717, 1.165) is 18.4 Å². The van der Waals surface area contributed by atoms with Crippen molar-refractivity contribution in [1.82, 2.24) is 24.6 Å². The second-order valence-electron chi connectivity index (χ2n) is 5.32. The molecule has 0 spiro atoms. The highest BCUT2D eigenvalue weighted by Gasteiger charge is 2.29. The van der Waals surface area contributed by atoms with Gasteiger partial charge in [-0.15, -0.1) is 0 Å². The average molecular weight is 289 g/mol. The number of likely N-dealkylation sites (tertiary alicyclic amines) is 1. The van der Waals surface area contributed by atoms with E-state index in [1.165, 1.54) is 0 Å². The molecule has 0 radical (unpaired) electrons. The van der Waals surface area contributed by atoms with Crippen LogP contribution in [0.5, 0.6) is 0 Å². The Kier molecular flexibility index (Phi) is 3.36. The lowest BCUT2D eigenvalue weighted by molar-refractivity contribution is -0.127. The molecule has 8 heteroatoms. The van der Waals surface area contributed by atoms with Crippen LogP contribution in [0.3, 0.4) is 0 Å². The number of amides is 1. The van der Waals surface area contributed by atoms with Gasteiger partial charge in [-0.2, -0.15) is 15.1 Å². The molecule has 1 aliphatic heterocycles. The standard InChI is InChI=1S/C13H19N7O/c1-3-4-20-7-8(5-10(20)21)16-13-17-11(14)9-6-15-19(2)12(9)18-13/h6,8H,3-5,7H2,1-2H3,(H3,14,16,17,18). The first-order chi connectivity index (χ1) is 10.1. The second kappa shape index (κ2) is 5.19. The molecule has 1 atom stereocenters. The Hall–Kier alpha value is -2.38. The zero-order valence-corrected chi connectivity index (χ0v) is 12.2. The summed E-state index contributed by atoms with van der Waals surface area (Å²) in [7, 11) is 1.81. The van der Waals surface area contributed by atoms with Crippen LogP contribution >= 0.6 is 0 Å². The molecule has 1 amide bonds. The van der Waals surface area contributed by atoms with Crippen molar-refractivity contribution in [2.45, 2.75) is 25.8 Å². The molecule has 3 rings (SSSR count). The number of hydrogen-bond donors (Lipinski definition) is 2. The van der Waals surface area contributed by atoms with Gasteiger partial charge in [0.1, 0.15) is 5.82 Å². The fourth-order valence-electron chi connectivity index (χ4n) is 2.65. The smallest absolute Gasteiger partial charge is 0.227 e. The van der Waals surface area contributed by atoms with Gasteiger partial charge in [0.15, 0.2) is 5.65 Å². The molecule has 0 aliphatic carbocycles. The summed E-state index contributed by atoms with van der Waals surface area (Å²) in [6, 6.07) is 0.0223. The number of carbonyl (C=O) groups is 1. The Labute approximate surface area is 122 Å². The lowest BCUT2D eigenvalue weighted by Crippen LogP contribution is -2.29. The molecule has 21 heavy (non-hydrogen) atoms. The summed E-state index contributed by atoms with van der Waals surface area (Å²) in [5.41, 5.74) is 6.61. The van der Waals surface area contributed by atoms with Gasteiger partial charge in [0.25, 0.3) is 0 Å². The molecule has 112 valence electrons. The summed E-state index contributed by atoms with van der Waals surface area (Å²) in [5.74, 6) is 1.01. The Balaban J connectivity index is 1.79. The van der Waals surface area contributed by atoms with Crippen LogP contribution in [0, 0.1) is 0 Å². The number of nitrogens with one attached hydrogen (secondary N) is 1. The van der Waals surface area contributed by atoms with E-state index in [4.69, 9.17) is 5.73 Å². The van der Waals surface area contributed by atoms with Crippen LogP contribution in [0.25, 0.3) is 11.0 Å². The van der Waals surface area contributed by atoms with Crippen molar-refractivity contribution in [2.75, 3.05) is 24.1 Å². The third-order valence-electron chi connectivity index (χ3n) is 3.66. The van der Waals surface area contributed by atoms with Crippen LogP contribution in [0.15, 0.2) is 6.20 Å². The van der Waals surface area contributed by atoms with Gasteiger partial charge in [-0.05, 0) is 6.42 Å². The normalized spacial score (nSPS) is 18.7. The molecule has 2 aromatic rings. The average Bonchev–Trinajstić information content (AvgIpc) is 2.96. The van der Waals surface area contributed by atoms with E-state index in [1.54, 1.807) is 17.9 Å². The van der Waals surface area contributed by atoms with Crippen LogP contribution in [0.4, 0.5) is 11.8 Å². The van der Waals surface area contributed by atoms with Crippen molar-refractivity contribution >= 4 is 28.7 Å². The molecule has 1 unspecified atom stereocenters. The first-order valence-electron chi connectivity index (χ1n) is 7.08. The number of nitrogen functional groups attached to an aromatic ring is 1. The van der Waals surface area contributed by atoms with Gasteiger partial charge in [0.05, 0.1) is 17.6 Å². The van der Waals surface area contributed by atoms with Crippen molar-refractivity contribution in [3.8, 4) is 0 Å². The molecule has 1 saturated heterocycles. The Morgan fingerprint density at radius 3 is 3.05 bits per heavy atom. The molecule has 8 nitrogen and oxygen atoms in total. The number of aryl methyl sites for hydroxylation is 1. The van der Waals surface area contributed by atoms with E-state index < -0.39 is 0 Å². The van der Waals surface area contributed by atoms with Crippen molar-refractivity contribution in [2.24, 2.45) is 7.05 Å². The molecule has 1 aliphatic rings. The fourth-order valence-corrected chi connectivity index (χ4v) is 2.65. The maximum atomic E-state index is 11.9. The van der Waals surface area contributed by atoms with Crippen molar-refractivity contribution in [1.29, 1.82) is 0 Å².